The van der Waals surface area contributed by atoms with Crippen LogP contribution in [-0.2, 0) is 0 Å². The van der Waals surface area contributed by atoms with E-state index >= 15 is 0 Å². The van der Waals surface area contributed by atoms with Crippen LogP contribution in [0.25, 0.3) is 16.9 Å². The summed E-state index contributed by atoms with van der Waals surface area (Å²) in [5.74, 6) is -0.149. The van der Waals surface area contributed by atoms with Crippen LogP contribution >= 0.6 is 11.6 Å². The minimum Gasteiger partial charge on any atom is -0.345 e. The third kappa shape index (κ3) is 4.56. The number of quaternary nitrogens is 1. The number of carbonyl (C=O) groups is 1. The number of likely N-dealkylation sites (N-methyl/N-ethyl adjacent to an activating group) is 1. The minimum absolute atomic E-state index is 0.149. The number of hydrogen-bond acceptors (Lipinski definition) is 2. The lowest BCUT2D eigenvalue weighted by Crippen LogP contribution is -3.06. The molecule has 2 aromatic carbocycles. The number of halogens is 1. The van der Waals surface area contributed by atoms with E-state index in [1.165, 1.54) is 4.90 Å². The fourth-order valence-electron chi connectivity index (χ4n) is 2.82. The third-order valence-electron chi connectivity index (χ3n) is 4.25. The van der Waals surface area contributed by atoms with Crippen molar-refractivity contribution < 1.29 is 9.69 Å². The van der Waals surface area contributed by atoms with Crippen LogP contribution in [0.2, 0.25) is 5.02 Å². The first-order valence-electron chi connectivity index (χ1n) is 8.95. The molecular formula is C21H24ClN4O+. The van der Waals surface area contributed by atoms with Crippen molar-refractivity contribution in [2.24, 2.45) is 0 Å². The number of rotatable bonds is 6. The molecule has 1 heterocycles. The van der Waals surface area contributed by atoms with Gasteiger partial charge >= 0.3 is 0 Å². The Labute approximate surface area is 164 Å². The van der Waals surface area contributed by atoms with Gasteiger partial charge in [-0.15, -0.1) is 0 Å². The Morgan fingerprint density at radius 1 is 1.15 bits per heavy atom. The van der Waals surface area contributed by atoms with E-state index in [-0.39, 0.29) is 5.91 Å². The minimum atomic E-state index is -0.149. The Morgan fingerprint density at radius 2 is 1.93 bits per heavy atom. The quantitative estimate of drug-likeness (QED) is 0.686. The maximum Gasteiger partial charge on any atom is 0.270 e. The van der Waals surface area contributed by atoms with E-state index in [1.54, 1.807) is 10.7 Å². The second kappa shape index (κ2) is 8.37. The highest BCUT2D eigenvalue weighted by molar-refractivity contribution is 6.33. The van der Waals surface area contributed by atoms with Crippen molar-refractivity contribution in [2.75, 3.05) is 27.2 Å². The van der Waals surface area contributed by atoms with Gasteiger partial charge < -0.3 is 10.2 Å². The van der Waals surface area contributed by atoms with Gasteiger partial charge in [-0.1, -0.05) is 41.9 Å². The Hall–Kier alpha value is -2.63. The normalized spacial score (nSPS) is 11.0. The van der Waals surface area contributed by atoms with Crippen molar-refractivity contribution in [3.8, 4) is 16.9 Å². The van der Waals surface area contributed by atoms with Gasteiger partial charge in [0, 0.05) is 5.56 Å². The van der Waals surface area contributed by atoms with Gasteiger partial charge in [-0.2, -0.15) is 5.10 Å². The second-order valence-electron chi connectivity index (χ2n) is 6.86. The molecule has 3 rings (SSSR count). The fraction of sp³-hybridized carbons (Fsp3) is 0.238. The summed E-state index contributed by atoms with van der Waals surface area (Å²) in [6.07, 6.45) is 0. The number of hydrogen-bond donors (Lipinski definition) is 2. The van der Waals surface area contributed by atoms with Crippen LogP contribution in [0.5, 0.6) is 0 Å². The number of nitrogens with one attached hydrogen (secondary N) is 2. The van der Waals surface area contributed by atoms with E-state index in [1.807, 2.05) is 55.5 Å². The van der Waals surface area contributed by atoms with E-state index in [9.17, 15) is 4.79 Å². The topological polar surface area (TPSA) is 51.4 Å². The number of aromatic nitrogens is 2. The van der Waals surface area contributed by atoms with Gasteiger partial charge in [-0.25, -0.2) is 4.68 Å². The van der Waals surface area contributed by atoms with Crippen LogP contribution in [0.4, 0.5) is 0 Å². The highest BCUT2D eigenvalue weighted by Gasteiger charge is 2.18. The molecule has 6 heteroatoms. The van der Waals surface area contributed by atoms with Crippen LogP contribution < -0.4 is 10.2 Å². The molecule has 0 atom stereocenters. The van der Waals surface area contributed by atoms with Crippen molar-refractivity contribution in [1.29, 1.82) is 0 Å². The predicted molar refractivity (Wildman–Crippen MR) is 109 cm³/mol. The van der Waals surface area contributed by atoms with Crippen molar-refractivity contribution in [3.05, 3.63) is 70.9 Å². The van der Waals surface area contributed by atoms with Crippen molar-refractivity contribution in [2.45, 2.75) is 6.92 Å². The van der Waals surface area contributed by atoms with Gasteiger partial charge in [0.05, 0.1) is 43.6 Å². The monoisotopic (exact) mass is 383 g/mol. The summed E-state index contributed by atoms with van der Waals surface area (Å²) in [6.45, 7) is 3.46. The molecule has 0 bridgehead atoms. The molecule has 0 saturated carbocycles. The van der Waals surface area contributed by atoms with Gasteiger partial charge in [-0.05, 0) is 36.8 Å². The van der Waals surface area contributed by atoms with E-state index < -0.39 is 0 Å². The number of aryl methyl sites for hydroxylation is 1. The summed E-state index contributed by atoms with van der Waals surface area (Å²) in [5.41, 5.74) is 3.91. The smallest absolute Gasteiger partial charge is 0.270 e. The number of benzene rings is 2. The molecule has 1 amide bonds. The van der Waals surface area contributed by atoms with Crippen molar-refractivity contribution >= 4 is 17.5 Å². The average molecular weight is 384 g/mol. The molecule has 1 aromatic heterocycles. The molecule has 27 heavy (non-hydrogen) atoms. The molecule has 0 fully saturated rings. The molecule has 0 unspecified atom stereocenters. The number of carbonyl (C=O) groups excluding carboxylic acids is 1. The Bertz CT molecular complexity index is 949. The van der Waals surface area contributed by atoms with E-state index in [4.69, 9.17) is 11.6 Å². The van der Waals surface area contributed by atoms with Gasteiger partial charge in [0.1, 0.15) is 5.69 Å². The molecular weight excluding hydrogens is 360 g/mol. The lowest BCUT2D eigenvalue weighted by atomic mass is 10.1. The first-order valence-corrected chi connectivity index (χ1v) is 9.33. The van der Waals surface area contributed by atoms with Crippen molar-refractivity contribution in [3.63, 3.8) is 0 Å². The summed E-state index contributed by atoms with van der Waals surface area (Å²) >= 11 is 6.34. The summed E-state index contributed by atoms with van der Waals surface area (Å²) in [4.78, 5) is 14.1. The van der Waals surface area contributed by atoms with Crippen LogP contribution in [-0.4, -0.2) is 42.9 Å². The lowest BCUT2D eigenvalue weighted by Gasteiger charge is -2.10. The van der Waals surface area contributed by atoms with Crippen LogP contribution in [0, 0.1) is 6.92 Å². The van der Waals surface area contributed by atoms with Crippen LogP contribution in [0.3, 0.4) is 0 Å². The maximum absolute atomic E-state index is 12.8. The third-order valence-corrected chi connectivity index (χ3v) is 4.58. The molecule has 3 aromatic rings. The molecule has 5 nitrogen and oxygen atoms in total. The van der Waals surface area contributed by atoms with Crippen molar-refractivity contribution in [1.82, 2.24) is 15.1 Å². The van der Waals surface area contributed by atoms with Crippen LogP contribution in [0.15, 0.2) is 54.6 Å². The zero-order valence-corrected chi connectivity index (χ0v) is 16.5. The zero-order chi connectivity index (χ0) is 19.4. The maximum atomic E-state index is 12.8. The Kier molecular flexibility index (Phi) is 5.94. The summed E-state index contributed by atoms with van der Waals surface area (Å²) in [6, 6.07) is 17.2. The largest absolute Gasteiger partial charge is 0.345 e. The molecule has 0 aliphatic rings. The summed E-state index contributed by atoms with van der Waals surface area (Å²) < 4.78 is 1.68. The molecule has 0 aliphatic carbocycles. The lowest BCUT2D eigenvalue weighted by molar-refractivity contribution is -0.856. The molecule has 140 valence electrons. The average Bonchev–Trinajstić information content (AvgIpc) is 3.07. The standard InChI is InChI=1S/C21H23ClN4O/c1-15-7-6-8-16(13-15)26-20(21(27)23-11-12-25(2)3)14-19(24-26)17-9-4-5-10-18(17)22/h4-10,13-14H,11-12H2,1-3H3,(H,23,27)/p+1. The van der Waals surface area contributed by atoms with Gasteiger partial charge in [-0.3, -0.25) is 4.79 Å². The highest BCUT2D eigenvalue weighted by atomic mass is 35.5. The zero-order valence-electron chi connectivity index (χ0n) is 15.8. The first kappa shape index (κ1) is 19.1. The molecule has 2 N–H and O–H groups in total. The summed E-state index contributed by atoms with van der Waals surface area (Å²) in [7, 11) is 4.11. The Morgan fingerprint density at radius 3 is 2.63 bits per heavy atom. The van der Waals surface area contributed by atoms with Gasteiger partial charge in [0.2, 0.25) is 0 Å². The number of nitrogens with zero attached hydrogens (tertiary/aromatic N) is 2. The second-order valence-corrected chi connectivity index (χ2v) is 7.27. The molecule has 0 spiro atoms. The SMILES string of the molecule is Cc1cccc(-n2nc(-c3ccccc3Cl)cc2C(=O)NCC[NH+](C)C)c1. The molecule has 0 aliphatic heterocycles. The fourth-order valence-corrected chi connectivity index (χ4v) is 3.05. The van der Waals surface area contributed by atoms with E-state index in [0.717, 1.165) is 23.4 Å². The Balaban J connectivity index is 2.02. The molecule has 0 saturated heterocycles. The summed E-state index contributed by atoms with van der Waals surface area (Å²) in [5, 5.41) is 8.27. The molecule has 0 radical (unpaired) electrons. The number of amides is 1. The van der Waals surface area contributed by atoms with Crippen LogP contribution in [0.1, 0.15) is 16.1 Å². The van der Waals surface area contributed by atoms with E-state index in [2.05, 4.69) is 24.5 Å². The predicted octanol–water partition coefficient (Wildman–Crippen LogP) is 2.38. The van der Waals surface area contributed by atoms with E-state index in [0.29, 0.717) is 23.0 Å². The van der Waals surface area contributed by atoms with Gasteiger partial charge in [0.15, 0.2) is 0 Å². The first-order chi connectivity index (χ1) is 13.0. The highest BCUT2D eigenvalue weighted by Crippen LogP contribution is 2.28. The van der Waals surface area contributed by atoms with Gasteiger partial charge in [0.25, 0.3) is 5.91 Å².